The summed E-state index contributed by atoms with van der Waals surface area (Å²) >= 11 is 0. The van der Waals surface area contributed by atoms with E-state index in [0.29, 0.717) is 32.2 Å². The normalized spacial score (nSPS) is 14.4. The first kappa shape index (κ1) is 44.0. The molecule has 0 spiro atoms. The molecule has 0 saturated heterocycles. The molecule has 5 atom stereocenters. The molecule has 3 aromatic carbocycles. The zero-order valence-electron chi connectivity index (χ0n) is 33.4. The van der Waals surface area contributed by atoms with Gasteiger partial charge in [-0.15, -0.1) is 0 Å². The number of carbonyl (C=O) groups excluding carboxylic acids is 4. The van der Waals surface area contributed by atoms with Gasteiger partial charge in [-0.1, -0.05) is 134 Å². The number of ether oxygens (including phenoxy) is 1. The van der Waals surface area contributed by atoms with Crippen LogP contribution in [-0.2, 0) is 32.1 Å². The van der Waals surface area contributed by atoms with Crippen molar-refractivity contribution in [2.75, 3.05) is 6.54 Å². The monoisotopic (exact) mass is 744 g/mol. The average Bonchev–Trinajstić information content (AvgIpc) is 3.13. The smallest absolute Gasteiger partial charge is 0.408 e. The lowest BCUT2D eigenvalue weighted by Gasteiger charge is -2.40. The molecule has 0 aliphatic carbocycles. The lowest BCUT2D eigenvalue weighted by Crippen LogP contribution is -2.58. The molecule has 10 heteroatoms. The van der Waals surface area contributed by atoms with Crippen molar-refractivity contribution in [2.45, 2.75) is 124 Å². The number of alkyl carbamates (subject to hydrolysis) is 1. The minimum absolute atomic E-state index is 0.0321. The Hall–Kier alpha value is -4.44. The number of aliphatic hydroxyl groups is 1. The number of amides is 4. The Kier molecular flexibility index (Phi) is 18.0. The quantitative estimate of drug-likeness (QED) is 0.0858. The Bertz CT molecular complexity index is 1620. The van der Waals surface area contributed by atoms with Crippen LogP contribution in [0.5, 0.6) is 0 Å². The molecule has 54 heavy (non-hydrogen) atoms. The summed E-state index contributed by atoms with van der Waals surface area (Å²) in [5.41, 5.74) is 7.46. The van der Waals surface area contributed by atoms with Gasteiger partial charge >= 0.3 is 6.09 Å². The van der Waals surface area contributed by atoms with Crippen LogP contribution in [0.15, 0.2) is 72.8 Å². The minimum Gasteiger partial charge on any atom is -0.445 e. The Balaban J connectivity index is 1.96. The number of aliphatic hydroxyl groups excluding tert-OH is 1. The lowest BCUT2D eigenvalue weighted by atomic mass is 9.86. The first-order valence-electron chi connectivity index (χ1n) is 19.7. The van der Waals surface area contributed by atoms with Crippen LogP contribution < -0.4 is 16.4 Å². The first-order valence-corrected chi connectivity index (χ1v) is 19.7. The van der Waals surface area contributed by atoms with Gasteiger partial charge in [0.05, 0.1) is 12.1 Å². The highest BCUT2D eigenvalue weighted by Gasteiger charge is 2.37. The van der Waals surface area contributed by atoms with Crippen LogP contribution in [-0.4, -0.2) is 64.6 Å². The number of unbranched alkanes of at least 4 members (excludes halogenated alkanes) is 1. The van der Waals surface area contributed by atoms with Crippen LogP contribution in [0.1, 0.15) is 98.1 Å². The average molecular weight is 745 g/mol. The predicted molar refractivity (Wildman–Crippen MR) is 215 cm³/mol. The zero-order chi connectivity index (χ0) is 39.8. The summed E-state index contributed by atoms with van der Waals surface area (Å²) < 4.78 is 5.53. The summed E-state index contributed by atoms with van der Waals surface area (Å²) in [4.78, 5) is 56.5. The number of fused-ring (bicyclic) bond motifs is 1. The van der Waals surface area contributed by atoms with Gasteiger partial charge in [0.25, 0.3) is 0 Å². The molecule has 0 aliphatic heterocycles. The first-order chi connectivity index (χ1) is 25.7. The molecular formula is C44H64N4O6. The lowest BCUT2D eigenvalue weighted by molar-refractivity contribution is -0.143. The summed E-state index contributed by atoms with van der Waals surface area (Å²) in [6.45, 7) is 14.5. The maximum atomic E-state index is 14.8. The maximum absolute atomic E-state index is 14.8. The van der Waals surface area contributed by atoms with Crippen molar-refractivity contribution in [3.05, 3.63) is 83.9 Å². The number of hydrogen-bond acceptors (Lipinski definition) is 6. The Labute approximate surface area is 322 Å². The number of benzene rings is 3. The van der Waals surface area contributed by atoms with E-state index >= 15 is 0 Å². The third-order valence-corrected chi connectivity index (χ3v) is 9.67. The largest absolute Gasteiger partial charge is 0.445 e. The fourth-order valence-corrected chi connectivity index (χ4v) is 7.05. The summed E-state index contributed by atoms with van der Waals surface area (Å²) in [6.07, 6.45) is 1.42. The summed E-state index contributed by atoms with van der Waals surface area (Å²) in [5.74, 6) is -1.43. The molecule has 0 radical (unpaired) electrons. The molecule has 0 unspecified atom stereocenters. The molecule has 10 nitrogen and oxygen atoms in total. The molecule has 0 aromatic heterocycles. The number of nitrogens with one attached hydrogen (secondary N) is 2. The van der Waals surface area contributed by atoms with Gasteiger partial charge < -0.3 is 31.1 Å². The highest BCUT2D eigenvalue weighted by Crippen LogP contribution is 2.26. The molecule has 0 aliphatic rings. The molecule has 3 rings (SSSR count). The van der Waals surface area contributed by atoms with E-state index in [4.69, 9.17) is 10.5 Å². The van der Waals surface area contributed by atoms with Gasteiger partial charge in [-0.25, -0.2) is 4.79 Å². The maximum Gasteiger partial charge on any atom is 0.408 e. The predicted octanol–water partition coefficient (Wildman–Crippen LogP) is 7.15. The Morgan fingerprint density at radius 2 is 1.43 bits per heavy atom. The van der Waals surface area contributed by atoms with Crippen LogP contribution >= 0.6 is 0 Å². The number of carbonyl (C=O) groups is 4. The van der Waals surface area contributed by atoms with E-state index in [1.165, 1.54) is 0 Å². The van der Waals surface area contributed by atoms with Crippen molar-refractivity contribution in [2.24, 2.45) is 29.4 Å². The van der Waals surface area contributed by atoms with Crippen LogP contribution in [0.4, 0.5) is 4.79 Å². The number of rotatable bonds is 22. The highest BCUT2D eigenvalue weighted by molar-refractivity contribution is 5.93. The Morgan fingerprint density at radius 3 is 2.06 bits per heavy atom. The molecule has 4 amide bonds. The fourth-order valence-electron chi connectivity index (χ4n) is 7.05. The van der Waals surface area contributed by atoms with E-state index in [-0.39, 0.29) is 43.1 Å². The molecular weight excluding hydrogens is 681 g/mol. The van der Waals surface area contributed by atoms with Gasteiger partial charge in [0.15, 0.2) is 0 Å². The van der Waals surface area contributed by atoms with Crippen molar-refractivity contribution < 1.29 is 29.0 Å². The van der Waals surface area contributed by atoms with Crippen molar-refractivity contribution in [1.82, 2.24) is 15.5 Å². The molecule has 5 N–H and O–H groups in total. The zero-order valence-corrected chi connectivity index (χ0v) is 33.4. The number of hydrogen-bond donors (Lipinski definition) is 4. The van der Waals surface area contributed by atoms with Crippen LogP contribution in [0, 0.1) is 23.7 Å². The van der Waals surface area contributed by atoms with Crippen molar-refractivity contribution >= 4 is 34.6 Å². The van der Waals surface area contributed by atoms with Gasteiger partial charge in [0.2, 0.25) is 17.7 Å². The third kappa shape index (κ3) is 14.1. The van der Waals surface area contributed by atoms with E-state index in [1.807, 2.05) is 121 Å². The van der Waals surface area contributed by atoms with E-state index < -0.39 is 48.1 Å². The highest BCUT2D eigenvalue weighted by atomic mass is 16.5. The second-order valence-electron chi connectivity index (χ2n) is 15.9. The van der Waals surface area contributed by atoms with Crippen LogP contribution in [0.2, 0.25) is 0 Å². The molecule has 0 bridgehead atoms. The molecule has 0 fully saturated rings. The van der Waals surface area contributed by atoms with Crippen molar-refractivity contribution in [3.63, 3.8) is 0 Å². The molecule has 3 aromatic rings. The standard InChI is InChI=1S/C44H64N4O6/c1-8-9-22-37(43(52)48(27-31(6)7)39(24-30(4)5)40(49)26-35(41(45)50)23-29(2)3)46-42(51)38(47-44(53)54-28-32-16-11-10-12-17-32)25-34-20-15-19-33-18-13-14-21-36(33)34/h10-21,29-31,35,37-40,49H,8-9,22-28H2,1-7H3,(H2,45,50)(H,46,51)(H,47,53)/t35-,37+,38+,39+,40+/m1/s1. The second-order valence-corrected chi connectivity index (χ2v) is 15.9. The van der Waals surface area contributed by atoms with Gasteiger partial charge in [-0.3, -0.25) is 14.4 Å². The number of nitrogens with zero attached hydrogens (tertiary/aromatic N) is 1. The fraction of sp³-hybridized carbons (Fsp3) is 0.545. The number of nitrogens with two attached hydrogens (primary N) is 1. The van der Waals surface area contributed by atoms with E-state index in [9.17, 15) is 24.3 Å². The van der Waals surface area contributed by atoms with Crippen molar-refractivity contribution in [3.8, 4) is 0 Å². The summed E-state index contributed by atoms with van der Waals surface area (Å²) in [5, 5.41) is 19.6. The van der Waals surface area contributed by atoms with Crippen LogP contribution in [0.25, 0.3) is 10.8 Å². The SMILES string of the molecule is CCCC[C@H](NC(=O)[C@H](Cc1cccc2ccccc12)NC(=O)OCc1ccccc1)C(=O)N(CC(C)C)[C@@H](CC(C)C)[C@@H](O)C[C@@H](CC(C)C)C(N)=O. The van der Waals surface area contributed by atoms with Gasteiger partial charge in [-0.2, -0.15) is 0 Å². The van der Waals surface area contributed by atoms with Crippen LogP contribution in [0.3, 0.4) is 0 Å². The topological polar surface area (TPSA) is 151 Å². The Morgan fingerprint density at radius 1 is 0.778 bits per heavy atom. The van der Waals surface area contributed by atoms with E-state index in [0.717, 1.165) is 28.3 Å². The van der Waals surface area contributed by atoms with Gasteiger partial charge in [-0.05, 0) is 65.3 Å². The van der Waals surface area contributed by atoms with Crippen molar-refractivity contribution in [1.29, 1.82) is 0 Å². The minimum atomic E-state index is -1.06. The number of primary amides is 1. The van der Waals surface area contributed by atoms with Gasteiger partial charge in [0.1, 0.15) is 18.7 Å². The molecule has 296 valence electrons. The summed E-state index contributed by atoms with van der Waals surface area (Å²) in [7, 11) is 0. The summed E-state index contributed by atoms with van der Waals surface area (Å²) in [6, 6.07) is 20.4. The van der Waals surface area contributed by atoms with E-state index in [2.05, 4.69) is 10.6 Å². The van der Waals surface area contributed by atoms with Gasteiger partial charge in [0, 0.05) is 18.9 Å². The second kappa shape index (κ2) is 22.1. The molecule has 0 saturated carbocycles. The van der Waals surface area contributed by atoms with E-state index in [1.54, 1.807) is 4.90 Å². The third-order valence-electron chi connectivity index (χ3n) is 9.67. The molecule has 0 heterocycles.